The molecule has 0 radical (unpaired) electrons. The molecule has 32 heavy (non-hydrogen) atoms. The van der Waals surface area contributed by atoms with E-state index in [4.69, 9.17) is 9.47 Å². The summed E-state index contributed by atoms with van der Waals surface area (Å²) in [5, 5.41) is 3.28. The van der Waals surface area contributed by atoms with Crippen LogP contribution in [0.5, 0.6) is 5.75 Å². The van der Waals surface area contributed by atoms with Gasteiger partial charge in [-0.25, -0.2) is 0 Å². The Morgan fingerprint density at radius 2 is 1.75 bits per heavy atom. The van der Waals surface area contributed by atoms with Gasteiger partial charge in [-0.15, -0.1) is 0 Å². The molecule has 2 heterocycles. The second kappa shape index (κ2) is 11.1. The fourth-order valence-corrected chi connectivity index (χ4v) is 5.02. The average molecular weight is 446 g/mol. The number of methoxy groups -OCH3 is 1. The van der Waals surface area contributed by atoms with Crippen LogP contribution in [0.15, 0.2) is 24.3 Å². The van der Waals surface area contributed by atoms with Gasteiger partial charge < -0.3 is 19.7 Å². The van der Waals surface area contributed by atoms with Crippen LogP contribution in [0.3, 0.4) is 0 Å². The first-order valence-corrected chi connectivity index (χ1v) is 11.9. The number of piperidine rings is 1. The number of nitrogens with one attached hydrogen (secondary N) is 1. The summed E-state index contributed by atoms with van der Waals surface area (Å²) in [4.78, 5) is 30.2. The molecule has 0 aliphatic carbocycles. The monoisotopic (exact) mass is 445 g/mol. The van der Waals surface area contributed by atoms with Gasteiger partial charge in [0.25, 0.3) is 0 Å². The number of benzene rings is 1. The van der Waals surface area contributed by atoms with E-state index in [1.54, 1.807) is 7.11 Å². The van der Waals surface area contributed by atoms with Crippen LogP contribution >= 0.6 is 0 Å². The fraction of sp³-hybridized carbons (Fsp3) is 0.680. The molecule has 0 bridgehead atoms. The molecule has 1 N–H and O–H groups in total. The maximum Gasteiger partial charge on any atom is 0.237 e. The van der Waals surface area contributed by atoms with Gasteiger partial charge in [0.2, 0.25) is 11.8 Å². The van der Waals surface area contributed by atoms with Gasteiger partial charge in [-0.1, -0.05) is 32.0 Å². The van der Waals surface area contributed by atoms with Crippen LogP contribution in [-0.4, -0.2) is 79.2 Å². The van der Waals surface area contributed by atoms with Crippen molar-refractivity contribution in [3.63, 3.8) is 0 Å². The van der Waals surface area contributed by atoms with Crippen molar-refractivity contribution in [1.82, 2.24) is 15.1 Å². The molecule has 0 aromatic heterocycles. The Kier molecular flexibility index (Phi) is 8.54. The summed E-state index contributed by atoms with van der Waals surface area (Å²) in [6.45, 7) is 11.2. The fourth-order valence-electron chi connectivity index (χ4n) is 5.02. The highest BCUT2D eigenvalue weighted by Gasteiger charge is 2.35. The van der Waals surface area contributed by atoms with Gasteiger partial charge in [-0.05, 0) is 38.7 Å². The minimum Gasteiger partial charge on any atom is -0.496 e. The van der Waals surface area contributed by atoms with Gasteiger partial charge in [-0.3, -0.25) is 14.5 Å². The number of para-hydroxylation sites is 1. The van der Waals surface area contributed by atoms with Gasteiger partial charge >= 0.3 is 0 Å². The van der Waals surface area contributed by atoms with Crippen molar-refractivity contribution in [3.8, 4) is 5.75 Å². The Hall–Kier alpha value is -2.12. The first-order valence-electron chi connectivity index (χ1n) is 11.9. The third-order valence-electron chi connectivity index (χ3n) is 6.47. The second-order valence-electron chi connectivity index (χ2n) is 9.55. The molecule has 7 nitrogen and oxygen atoms in total. The predicted molar refractivity (Wildman–Crippen MR) is 125 cm³/mol. The summed E-state index contributed by atoms with van der Waals surface area (Å²) in [6, 6.07) is 7.59. The summed E-state index contributed by atoms with van der Waals surface area (Å²) in [5.41, 5.74) is 0.907. The van der Waals surface area contributed by atoms with Gasteiger partial charge in [-0.2, -0.15) is 0 Å². The van der Waals surface area contributed by atoms with E-state index in [1.165, 1.54) is 0 Å². The Morgan fingerprint density at radius 3 is 2.34 bits per heavy atom. The molecule has 2 amide bonds. The molecule has 0 spiro atoms. The van der Waals surface area contributed by atoms with Crippen molar-refractivity contribution in [2.75, 3.05) is 33.3 Å². The third-order valence-corrected chi connectivity index (χ3v) is 6.47. The zero-order valence-electron chi connectivity index (χ0n) is 20.2. The number of likely N-dealkylation sites (tertiary alicyclic amines) is 1. The van der Waals surface area contributed by atoms with Crippen LogP contribution in [0.1, 0.15) is 46.1 Å². The molecule has 2 saturated heterocycles. The molecule has 7 heteroatoms. The standard InChI is InChI=1S/C25H39N3O4/c1-17(2)24(28-15-18(3)32-19(4)16-28)25(30)26-21-10-12-27(13-11-21)23(29)14-20-8-6-7-9-22(20)31-5/h6-9,17-19,21,24H,10-16H2,1-5H3,(H,26,30). The van der Waals surface area contributed by atoms with Gasteiger partial charge in [0.1, 0.15) is 5.75 Å². The predicted octanol–water partition coefficient (Wildman–Crippen LogP) is 2.48. The van der Waals surface area contributed by atoms with Crippen LogP contribution in [0.2, 0.25) is 0 Å². The van der Waals surface area contributed by atoms with Crippen LogP contribution < -0.4 is 10.1 Å². The lowest BCUT2D eigenvalue weighted by molar-refractivity contribution is -0.136. The first kappa shape index (κ1) is 24.5. The third kappa shape index (κ3) is 6.23. The molecule has 2 aliphatic heterocycles. The summed E-state index contributed by atoms with van der Waals surface area (Å²) in [6.07, 6.45) is 2.16. The minimum absolute atomic E-state index is 0.0973. The van der Waals surface area contributed by atoms with Crippen molar-refractivity contribution < 1.29 is 19.1 Å². The highest BCUT2D eigenvalue weighted by Crippen LogP contribution is 2.21. The summed E-state index contributed by atoms with van der Waals surface area (Å²) in [7, 11) is 1.63. The molecule has 0 saturated carbocycles. The van der Waals surface area contributed by atoms with E-state index >= 15 is 0 Å². The Labute approximate surface area is 192 Å². The van der Waals surface area contributed by atoms with Gasteiger partial charge in [0, 0.05) is 37.8 Å². The van der Waals surface area contributed by atoms with Crippen molar-refractivity contribution in [2.24, 2.45) is 5.92 Å². The molecule has 2 fully saturated rings. The van der Waals surface area contributed by atoms with Gasteiger partial charge in [0.05, 0.1) is 31.8 Å². The van der Waals surface area contributed by atoms with Crippen molar-refractivity contribution in [3.05, 3.63) is 29.8 Å². The zero-order chi connectivity index (χ0) is 23.3. The number of morpholine rings is 1. The number of nitrogens with zero attached hydrogens (tertiary/aromatic N) is 2. The molecular formula is C25H39N3O4. The topological polar surface area (TPSA) is 71.1 Å². The lowest BCUT2D eigenvalue weighted by Crippen LogP contribution is -2.58. The normalized spacial score (nSPS) is 23.8. The van der Waals surface area contributed by atoms with Crippen LogP contribution in [0.4, 0.5) is 0 Å². The second-order valence-corrected chi connectivity index (χ2v) is 9.55. The highest BCUT2D eigenvalue weighted by molar-refractivity contribution is 5.82. The largest absolute Gasteiger partial charge is 0.496 e. The first-order chi connectivity index (χ1) is 15.3. The van der Waals surface area contributed by atoms with Crippen LogP contribution in [0, 0.1) is 5.92 Å². The molecule has 1 aromatic carbocycles. The molecule has 3 atom stereocenters. The van der Waals surface area contributed by atoms with E-state index in [0.29, 0.717) is 19.5 Å². The van der Waals surface area contributed by atoms with Crippen molar-refractivity contribution in [2.45, 2.75) is 71.2 Å². The average Bonchev–Trinajstić information content (AvgIpc) is 2.73. The lowest BCUT2D eigenvalue weighted by atomic mass is 9.97. The van der Waals surface area contributed by atoms with E-state index in [1.807, 2.05) is 29.2 Å². The van der Waals surface area contributed by atoms with E-state index in [-0.39, 0.29) is 42.0 Å². The summed E-state index contributed by atoms with van der Waals surface area (Å²) < 4.78 is 11.2. The van der Waals surface area contributed by atoms with Gasteiger partial charge in [0.15, 0.2) is 0 Å². The molecule has 2 aliphatic rings. The molecule has 3 rings (SSSR count). The number of rotatable bonds is 7. The number of ether oxygens (including phenoxy) is 2. The molecule has 178 valence electrons. The van der Waals surface area contributed by atoms with Crippen molar-refractivity contribution >= 4 is 11.8 Å². The number of carbonyl (C=O) groups is 2. The number of hydrogen-bond acceptors (Lipinski definition) is 5. The molecule has 3 unspecified atom stereocenters. The van der Waals surface area contributed by atoms with E-state index in [9.17, 15) is 9.59 Å². The Morgan fingerprint density at radius 1 is 1.12 bits per heavy atom. The highest BCUT2D eigenvalue weighted by atomic mass is 16.5. The minimum atomic E-state index is -0.158. The number of carbonyl (C=O) groups excluding carboxylic acids is 2. The van der Waals surface area contributed by atoms with E-state index in [0.717, 1.165) is 37.2 Å². The maximum absolute atomic E-state index is 13.2. The maximum atomic E-state index is 13.2. The zero-order valence-corrected chi connectivity index (χ0v) is 20.2. The molecule has 1 aromatic rings. The van der Waals surface area contributed by atoms with E-state index in [2.05, 4.69) is 37.9 Å². The number of amides is 2. The van der Waals surface area contributed by atoms with Crippen LogP contribution in [0.25, 0.3) is 0 Å². The van der Waals surface area contributed by atoms with E-state index < -0.39 is 0 Å². The Balaban J connectivity index is 1.52. The SMILES string of the molecule is COc1ccccc1CC(=O)N1CCC(NC(=O)C(C(C)C)N2CC(C)OC(C)C2)CC1. The lowest BCUT2D eigenvalue weighted by Gasteiger charge is -2.42. The summed E-state index contributed by atoms with van der Waals surface area (Å²) in [5.74, 6) is 1.17. The van der Waals surface area contributed by atoms with Crippen molar-refractivity contribution in [1.29, 1.82) is 0 Å². The van der Waals surface area contributed by atoms with Crippen LogP contribution in [-0.2, 0) is 20.7 Å². The smallest absolute Gasteiger partial charge is 0.237 e. The quantitative estimate of drug-likeness (QED) is 0.698. The number of hydrogen-bond donors (Lipinski definition) is 1. The Bertz CT molecular complexity index is 766. The molecular weight excluding hydrogens is 406 g/mol. The summed E-state index contributed by atoms with van der Waals surface area (Å²) >= 11 is 0.